The van der Waals surface area contributed by atoms with E-state index in [-0.39, 0.29) is 0 Å². The zero-order valence-electron chi connectivity index (χ0n) is 4.78. The number of hydrogen-bond donors (Lipinski definition) is 1. The summed E-state index contributed by atoms with van der Waals surface area (Å²) < 4.78 is 0. The summed E-state index contributed by atoms with van der Waals surface area (Å²) in [4.78, 5) is 0. The molecule has 1 N–H and O–H groups in total. The Bertz CT molecular complexity index is 53.2. The third-order valence-electron chi connectivity index (χ3n) is 1.68. The second-order valence-electron chi connectivity index (χ2n) is 2.40. The Balaban J connectivity index is 2.33. The first-order valence-corrected chi connectivity index (χ1v) is 2.84. The summed E-state index contributed by atoms with van der Waals surface area (Å²) in [5.74, 6) is 1.44. The van der Waals surface area contributed by atoms with Crippen LogP contribution >= 0.6 is 0 Å². The molecule has 1 fully saturated rings. The molecule has 41 valence electrons. The molecule has 0 saturated carbocycles. The number of nitrogens with one attached hydrogen (secondary N) is 1. The molecule has 1 heterocycles. The Hall–Kier alpha value is -0.0400. The van der Waals surface area contributed by atoms with Crippen LogP contribution in [0.4, 0.5) is 0 Å². The monoisotopic (exact) mass is 98.1 g/mol. The van der Waals surface area contributed by atoms with Gasteiger partial charge < -0.3 is 5.32 Å². The minimum absolute atomic E-state index is 0.653. The maximum Gasteiger partial charge on any atom is -0.00174 e. The van der Waals surface area contributed by atoms with E-state index in [4.69, 9.17) is 0 Å². The van der Waals surface area contributed by atoms with E-state index in [1.807, 2.05) is 0 Å². The van der Waals surface area contributed by atoms with E-state index in [0.29, 0.717) is 5.92 Å². The van der Waals surface area contributed by atoms with Crippen LogP contribution < -0.4 is 5.32 Å². The lowest BCUT2D eigenvalue weighted by Crippen LogP contribution is -2.06. The van der Waals surface area contributed by atoms with Gasteiger partial charge in [0.25, 0.3) is 0 Å². The number of hydrogen-bond acceptors (Lipinski definition) is 1. The molecule has 1 saturated heterocycles. The smallest absolute Gasteiger partial charge is 0.00174 e. The summed E-state index contributed by atoms with van der Waals surface area (Å²) in [6.45, 7) is 8.46. The zero-order valence-corrected chi connectivity index (χ0v) is 4.78. The van der Waals surface area contributed by atoms with Crippen molar-refractivity contribution in [2.75, 3.05) is 13.1 Å². The quantitative estimate of drug-likeness (QED) is 0.469. The lowest BCUT2D eigenvalue weighted by molar-refractivity contribution is 0.540. The molecule has 0 aromatic heterocycles. The Labute approximate surface area is 45.1 Å². The van der Waals surface area contributed by atoms with Crippen LogP contribution in [0.15, 0.2) is 0 Å². The zero-order chi connectivity index (χ0) is 5.28. The predicted octanol–water partition coefficient (Wildman–Crippen LogP) is 0.676. The van der Waals surface area contributed by atoms with Gasteiger partial charge in [0.2, 0.25) is 0 Å². The second kappa shape index (κ2) is 1.83. The van der Waals surface area contributed by atoms with Crippen molar-refractivity contribution >= 4 is 0 Å². The number of rotatable bonds is 0. The summed E-state index contributed by atoms with van der Waals surface area (Å²) in [6.07, 6.45) is 0. The molecule has 7 heavy (non-hydrogen) atoms. The highest BCUT2D eigenvalue weighted by atomic mass is 14.9. The lowest BCUT2D eigenvalue weighted by atomic mass is 10.0. The molecule has 1 rings (SSSR count). The highest BCUT2D eigenvalue weighted by molar-refractivity contribution is 4.78. The third kappa shape index (κ3) is 0.942. The van der Waals surface area contributed by atoms with Crippen LogP contribution in [0.25, 0.3) is 0 Å². The molecule has 0 aliphatic carbocycles. The molecule has 1 aliphatic rings. The lowest BCUT2D eigenvalue weighted by Gasteiger charge is -2.03. The van der Waals surface area contributed by atoms with Crippen LogP contribution in [0.2, 0.25) is 0 Å². The molecule has 1 heteroatoms. The Morgan fingerprint density at radius 3 is 2.43 bits per heavy atom. The van der Waals surface area contributed by atoms with Crippen molar-refractivity contribution in [3.63, 3.8) is 0 Å². The molecular weight excluding hydrogens is 86.1 g/mol. The van der Waals surface area contributed by atoms with Crippen molar-refractivity contribution in [2.24, 2.45) is 11.8 Å². The van der Waals surface area contributed by atoms with Gasteiger partial charge in [-0.15, -0.1) is 0 Å². The van der Waals surface area contributed by atoms with Gasteiger partial charge in [-0.05, 0) is 31.8 Å². The SMILES string of the molecule is [CH2]C1CNCC1C. The van der Waals surface area contributed by atoms with Gasteiger partial charge in [-0.25, -0.2) is 0 Å². The van der Waals surface area contributed by atoms with Gasteiger partial charge in [-0.1, -0.05) is 6.92 Å². The molecule has 2 unspecified atom stereocenters. The molecule has 2 atom stereocenters. The molecule has 1 nitrogen and oxygen atoms in total. The van der Waals surface area contributed by atoms with Gasteiger partial charge in [-0.3, -0.25) is 0 Å². The maximum atomic E-state index is 3.96. The van der Waals surface area contributed by atoms with Crippen molar-refractivity contribution in [1.82, 2.24) is 5.32 Å². The molecular formula is C6H12N. The maximum absolute atomic E-state index is 3.96. The first-order chi connectivity index (χ1) is 3.30. The standard InChI is InChI=1S/C6H12N/c1-5-3-7-4-6(5)2/h5-7H,1,3-4H2,2H3. The fourth-order valence-electron chi connectivity index (χ4n) is 0.864. The van der Waals surface area contributed by atoms with Gasteiger partial charge in [0.05, 0.1) is 0 Å². The van der Waals surface area contributed by atoms with Crippen LogP contribution in [0.1, 0.15) is 6.92 Å². The van der Waals surface area contributed by atoms with Gasteiger partial charge in [-0.2, -0.15) is 0 Å². The molecule has 0 aromatic rings. The summed E-state index contributed by atoms with van der Waals surface area (Å²) in [6, 6.07) is 0. The fraction of sp³-hybridized carbons (Fsp3) is 0.833. The van der Waals surface area contributed by atoms with Crippen LogP contribution in [0.5, 0.6) is 0 Å². The molecule has 0 amide bonds. The second-order valence-corrected chi connectivity index (χ2v) is 2.40. The van der Waals surface area contributed by atoms with E-state index in [0.717, 1.165) is 19.0 Å². The van der Waals surface area contributed by atoms with E-state index in [1.54, 1.807) is 0 Å². The topological polar surface area (TPSA) is 12.0 Å². The predicted molar refractivity (Wildman–Crippen MR) is 30.9 cm³/mol. The van der Waals surface area contributed by atoms with Crippen molar-refractivity contribution in [3.8, 4) is 0 Å². The Morgan fingerprint density at radius 2 is 2.29 bits per heavy atom. The van der Waals surface area contributed by atoms with E-state index >= 15 is 0 Å². The van der Waals surface area contributed by atoms with E-state index in [9.17, 15) is 0 Å². The normalized spacial score (nSPS) is 42.0. The van der Waals surface area contributed by atoms with Gasteiger partial charge >= 0.3 is 0 Å². The summed E-state index contributed by atoms with van der Waals surface area (Å²) in [5, 5.41) is 3.26. The largest absolute Gasteiger partial charge is 0.316 e. The van der Waals surface area contributed by atoms with E-state index < -0.39 is 0 Å². The summed E-state index contributed by atoms with van der Waals surface area (Å²) in [7, 11) is 0. The van der Waals surface area contributed by atoms with Crippen LogP contribution in [-0.2, 0) is 0 Å². The van der Waals surface area contributed by atoms with Gasteiger partial charge in [0.15, 0.2) is 0 Å². The third-order valence-corrected chi connectivity index (χ3v) is 1.68. The molecule has 1 aliphatic heterocycles. The van der Waals surface area contributed by atoms with Crippen molar-refractivity contribution < 1.29 is 0 Å². The Morgan fingerprint density at radius 1 is 1.57 bits per heavy atom. The van der Waals surface area contributed by atoms with Crippen LogP contribution in [0, 0.1) is 18.8 Å². The first-order valence-electron chi connectivity index (χ1n) is 2.84. The van der Waals surface area contributed by atoms with Crippen molar-refractivity contribution in [2.45, 2.75) is 6.92 Å². The van der Waals surface area contributed by atoms with Crippen LogP contribution in [-0.4, -0.2) is 13.1 Å². The highest BCUT2D eigenvalue weighted by Crippen LogP contribution is 2.12. The van der Waals surface area contributed by atoms with Crippen molar-refractivity contribution in [3.05, 3.63) is 6.92 Å². The minimum Gasteiger partial charge on any atom is -0.316 e. The molecule has 0 bridgehead atoms. The minimum atomic E-state index is 0.653. The van der Waals surface area contributed by atoms with Gasteiger partial charge in [0, 0.05) is 0 Å². The molecule has 1 radical (unpaired) electrons. The summed E-state index contributed by atoms with van der Waals surface area (Å²) >= 11 is 0. The van der Waals surface area contributed by atoms with Crippen LogP contribution in [0.3, 0.4) is 0 Å². The average Bonchev–Trinajstić information content (AvgIpc) is 1.91. The first kappa shape index (κ1) is 5.10. The molecule has 0 aromatic carbocycles. The van der Waals surface area contributed by atoms with E-state index in [1.165, 1.54) is 0 Å². The Kier molecular flexibility index (Phi) is 1.33. The van der Waals surface area contributed by atoms with Crippen molar-refractivity contribution in [1.29, 1.82) is 0 Å². The molecule has 0 spiro atoms. The highest BCUT2D eigenvalue weighted by Gasteiger charge is 2.17. The van der Waals surface area contributed by atoms with Gasteiger partial charge in [0.1, 0.15) is 0 Å². The van der Waals surface area contributed by atoms with E-state index in [2.05, 4.69) is 19.2 Å². The average molecular weight is 98.2 g/mol. The fourth-order valence-corrected chi connectivity index (χ4v) is 0.864. The summed E-state index contributed by atoms with van der Waals surface area (Å²) in [5.41, 5.74) is 0.